The molecular weight excluding hydrogens is 440 g/mol. The number of amides is 1. The lowest BCUT2D eigenvalue weighted by Crippen LogP contribution is -2.50. The molecule has 0 spiro atoms. The van der Waals surface area contributed by atoms with E-state index in [0.29, 0.717) is 0 Å². The van der Waals surface area contributed by atoms with Gasteiger partial charge < -0.3 is 9.84 Å². The first-order valence-corrected chi connectivity index (χ1v) is 9.74. The number of aromatic nitrogens is 1. The van der Waals surface area contributed by atoms with E-state index < -0.39 is 35.0 Å². The molecule has 1 atom stereocenters. The van der Waals surface area contributed by atoms with Crippen LogP contribution in [0.25, 0.3) is 10.2 Å². The van der Waals surface area contributed by atoms with Gasteiger partial charge in [0.25, 0.3) is 11.5 Å². The number of aliphatic hydroxyl groups is 1. The topological polar surface area (TPSA) is 88.5 Å². The van der Waals surface area contributed by atoms with Crippen molar-refractivity contribution in [1.82, 2.24) is 4.98 Å². The number of nitrogens with one attached hydrogen (secondary N) is 1. The number of ether oxygens (including phenoxy) is 1. The molecule has 0 aliphatic carbocycles. The van der Waals surface area contributed by atoms with Gasteiger partial charge in [0.15, 0.2) is 5.13 Å². The fraction of sp³-hybridized carbons (Fsp3) is 0.250. The summed E-state index contributed by atoms with van der Waals surface area (Å²) in [5.74, 6) is -2.94. The van der Waals surface area contributed by atoms with E-state index in [0.717, 1.165) is 35.6 Å². The Morgan fingerprint density at radius 3 is 2.42 bits per heavy atom. The second-order valence-electron chi connectivity index (χ2n) is 6.55. The van der Waals surface area contributed by atoms with E-state index in [2.05, 4.69) is 15.0 Å². The number of carbonyl (C=O) groups is 2. The van der Waals surface area contributed by atoms with E-state index >= 15 is 0 Å². The Morgan fingerprint density at radius 1 is 1.19 bits per heavy atom. The minimum atomic E-state index is -5.33. The number of rotatable bonds is 5. The first-order valence-electron chi connectivity index (χ1n) is 8.92. The quantitative estimate of drug-likeness (QED) is 0.441. The molecule has 0 fully saturated rings. The molecule has 2 aromatic carbocycles. The maximum Gasteiger partial charge on any atom is 0.432 e. The highest BCUT2D eigenvalue weighted by Gasteiger charge is 2.62. The van der Waals surface area contributed by atoms with E-state index in [-0.39, 0.29) is 33.1 Å². The van der Waals surface area contributed by atoms with Crippen molar-refractivity contribution in [3.8, 4) is 0 Å². The van der Waals surface area contributed by atoms with Gasteiger partial charge in [-0.05, 0) is 55.8 Å². The highest BCUT2D eigenvalue weighted by atomic mass is 32.1. The zero-order valence-electron chi connectivity index (χ0n) is 16.2. The van der Waals surface area contributed by atoms with Crippen molar-refractivity contribution in [2.24, 2.45) is 0 Å². The summed E-state index contributed by atoms with van der Waals surface area (Å²) in [6, 6.07) is 6.73. The standard InChI is InChI=1S/C20H16F4N2O4S/c1-3-30-17(28)19(29,20(22,23)24)12-8-10(2)15-14(9-12)31-18(25-15)26-16(27)11-4-6-13(21)7-5-11/h4-9,29H,3H2,1-2H3,(H,25,26,27)/t19-/m0/s1. The Morgan fingerprint density at radius 2 is 1.84 bits per heavy atom. The largest absolute Gasteiger partial charge is 0.463 e. The summed E-state index contributed by atoms with van der Waals surface area (Å²) < 4.78 is 58.6. The number of aryl methyl sites for hydroxylation is 1. The molecule has 1 amide bonds. The van der Waals surface area contributed by atoms with E-state index in [9.17, 15) is 32.3 Å². The summed E-state index contributed by atoms with van der Waals surface area (Å²) in [5.41, 5.74) is -3.88. The Kier molecular flexibility index (Phi) is 6.01. The SMILES string of the molecule is CCOC(=O)[C@@](O)(c1cc(C)c2nc(NC(=O)c3ccc(F)cc3)sc2c1)C(F)(F)F. The zero-order valence-corrected chi connectivity index (χ0v) is 17.0. The Balaban J connectivity index is 2.01. The minimum absolute atomic E-state index is 0.0799. The van der Waals surface area contributed by atoms with Gasteiger partial charge in [0.05, 0.1) is 16.8 Å². The maximum absolute atomic E-state index is 13.6. The molecule has 11 heteroatoms. The third kappa shape index (κ3) is 4.23. The van der Waals surface area contributed by atoms with Crippen molar-refractivity contribution in [3.05, 3.63) is 58.9 Å². The van der Waals surface area contributed by atoms with Crippen LogP contribution in [0, 0.1) is 12.7 Å². The van der Waals surface area contributed by atoms with E-state index in [4.69, 9.17) is 0 Å². The first kappa shape index (κ1) is 22.6. The summed E-state index contributed by atoms with van der Waals surface area (Å²) in [7, 11) is 0. The number of esters is 1. The van der Waals surface area contributed by atoms with Crippen LogP contribution in [0.1, 0.15) is 28.4 Å². The lowest BCUT2D eigenvalue weighted by molar-refractivity contribution is -0.267. The molecule has 1 aromatic heterocycles. The second kappa shape index (κ2) is 8.23. The van der Waals surface area contributed by atoms with Crippen LogP contribution in [0.15, 0.2) is 36.4 Å². The van der Waals surface area contributed by atoms with Crippen molar-refractivity contribution in [2.45, 2.75) is 25.6 Å². The predicted octanol–water partition coefficient (Wildman–Crippen LogP) is 4.31. The Labute approximate surface area is 177 Å². The number of halogens is 4. The molecule has 1 heterocycles. The van der Waals surface area contributed by atoms with Gasteiger partial charge in [0.2, 0.25) is 0 Å². The molecule has 0 aliphatic heterocycles. The molecule has 3 aromatic rings. The lowest BCUT2D eigenvalue weighted by atomic mass is 9.91. The summed E-state index contributed by atoms with van der Waals surface area (Å²) in [4.78, 5) is 28.5. The van der Waals surface area contributed by atoms with Crippen LogP contribution in [0.2, 0.25) is 0 Å². The minimum Gasteiger partial charge on any atom is -0.463 e. The smallest absolute Gasteiger partial charge is 0.432 e. The highest BCUT2D eigenvalue weighted by molar-refractivity contribution is 7.22. The normalized spacial score (nSPS) is 13.6. The average Bonchev–Trinajstić information content (AvgIpc) is 3.10. The van der Waals surface area contributed by atoms with Crippen LogP contribution < -0.4 is 5.32 Å². The van der Waals surface area contributed by atoms with Crippen LogP contribution in [0.4, 0.5) is 22.7 Å². The highest BCUT2D eigenvalue weighted by Crippen LogP contribution is 2.42. The maximum atomic E-state index is 13.6. The fourth-order valence-corrected chi connectivity index (χ4v) is 3.84. The van der Waals surface area contributed by atoms with E-state index in [1.807, 2.05) is 0 Å². The third-order valence-electron chi connectivity index (χ3n) is 4.41. The molecule has 31 heavy (non-hydrogen) atoms. The molecular formula is C20H16F4N2O4S. The lowest BCUT2D eigenvalue weighted by Gasteiger charge is -2.28. The van der Waals surface area contributed by atoms with Crippen LogP contribution in [-0.2, 0) is 15.1 Å². The van der Waals surface area contributed by atoms with Gasteiger partial charge in [-0.1, -0.05) is 11.3 Å². The number of carbonyl (C=O) groups excluding carboxylic acids is 2. The number of alkyl halides is 3. The third-order valence-corrected chi connectivity index (χ3v) is 5.33. The van der Waals surface area contributed by atoms with Crippen molar-refractivity contribution in [2.75, 3.05) is 11.9 Å². The molecule has 0 saturated carbocycles. The predicted molar refractivity (Wildman–Crippen MR) is 105 cm³/mol. The molecule has 0 unspecified atom stereocenters. The van der Waals surface area contributed by atoms with Gasteiger partial charge in [-0.25, -0.2) is 14.2 Å². The van der Waals surface area contributed by atoms with Crippen molar-refractivity contribution in [3.63, 3.8) is 0 Å². The average molecular weight is 456 g/mol. The van der Waals surface area contributed by atoms with Crippen LogP contribution >= 0.6 is 11.3 Å². The van der Waals surface area contributed by atoms with Gasteiger partial charge in [0, 0.05) is 11.1 Å². The van der Waals surface area contributed by atoms with Gasteiger partial charge in [-0.15, -0.1) is 0 Å². The number of hydrogen-bond donors (Lipinski definition) is 2. The number of benzene rings is 2. The molecule has 3 rings (SSSR count). The van der Waals surface area contributed by atoms with Gasteiger partial charge in [0.1, 0.15) is 5.82 Å². The summed E-state index contributed by atoms with van der Waals surface area (Å²) >= 11 is 0.856. The number of anilines is 1. The molecule has 6 nitrogen and oxygen atoms in total. The second-order valence-corrected chi connectivity index (χ2v) is 7.58. The Hall–Kier alpha value is -3.05. The van der Waals surface area contributed by atoms with Crippen LogP contribution in [-0.4, -0.2) is 34.8 Å². The number of nitrogens with zero attached hydrogens (tertiary/aromatic N) is 1. The fourth-order valence-electron chi connectivity index (χ4n) is 2.86. The van der Waals surface area contributed by atoms with Gasteiger partial charge >= 0.3 is 12.1 Å². The summed E-state index contributed by atoms with van der Waals surface area (Å²) in [6.45, 7) is 2.43. The monoisotopic (exact) mass is 456 g/mol. The Bertz CT molecular complexity index is 1140. The van der Waals surface area contributed by atoms with Gasteiger partial charge in [-0.3, -0.25) is 10.1 Å². The number of fused-ring (bicyclic) bond motifs is 1. The van der Waals surface area contributed by atoms with E-state index in [1.165, 1.54) is 26.0 Å². The first-order chi connectivity index (χ1) is 14.5. The van der Waals surface area contributed by atoms with Crippen LogP contribution in [0.5, 0.6) is 0 Å². The molecule has 0 bridgehead atoms. The van der Waals surface area contributed by atoms with Crippen LogP contribution in [0.3, 0.4) is 0 Å². The molecule has 2 N–H and O–H groups in total. The summed E-state index contributed by atoms with van der Waals surface area (Å²) in [5, 5.41) is 12.9. The van der Waals surface area contributed by atoms with Crippen molar-refractivity contribution >= 4 is 38.6 Å². The molecule has 0 saturated heterocycles. The van der Waals surface area contributed by atoms with E-state index in [1.54, 1.807) is 0 Å². The molecule has 0 aliphatic rings. The van der Waals surface area contributed by atoms with Crippen molar-refractivity contribution < 1.29 is 37.0 Å². The number of thiazole rings is 1. The molecule has 0 radical (unpaired) electrons. The number of hydrogen-bond acceptors (Lipinski definition) is 6. The van der Waals surface area contributed by atoms with Gasteiger partial charge in [-0.2, -0.15) is 13.2 Å². The summed E-state index contributed by atoms with van der Waals surface area (Å²) in [6.07, 6.45) is -5.33. The van der Waals surface area contributed by atoms with Crippen molar-refractivity contribution in [1.29, 1.82) is 0 Å². The molecule has 164 valence electrons. The zero-order chi connectivity index (χ0) is 23.0.